The molecule has 10 rings (SSSR count). The van der Waals surface area contributed by atoms with Crippen molar-refractivity contribution in [3.63, 3.8) is 0 Å². The molecule has 0 spiro atoms. The van der Waals surface area contributed by atoms with Crippen molar-refractivity contribution in [2.45, 2.75) is 122 Å². The lowest BCUT2D eigenvalue weighted by molar-refractivity contribution is 0.280. The average Bonchev–Trinajstić information content (AvgIpc) is 3.84. The molecule has 0 saturated heterocycles. The lowest BCUT2D eigenvalue weighted by Crippen LogP contribution is -2.55. The van der Waals surface area contributed by atoms with Crippen LogP contribution in [0.2, 0.25) is 0 Å². The van der Waals surface area contributed by atoms with Crippen LogP contribution in [0.1, 0.15) is 105 Å². The van der Waals surface area contributed by atoms with Crippen molar-refractivity contribution in [2.24, 2.45) is 0 Å². The van der Waals surface area contributed by atoms with E-state index in [1.165, 1.54) is 156 Å². The Kier molecular flexibility index (Phi) is 16.4. The summed E-state index contributed by atoms with van der Waals surface area (Å²) in [5.74, 6) is 0.895. The Balaban J connectivity index is 1.05. The zero-order valence-electron chi connectivity index (χ0n) is 49.1. The van der Waals surface area contributed by atoms with Crippen LogP contribution in [-0.2, 0) is 0 Å². The number of aliphatic hydroxyl groups is 1. The fourth-order valence-electron chi connectivity index (χ4n) is 13.7. The Hall–Kier alpha value is -7.33. The van der Waals surface area contributed by atoms with E-state index in [4.69, 9.17) is 9.84 Å². The van der Waals surface area contributed by atoms with Crippen LogP contribution in [0, 0.1) is 83.1 Å². The molecule has 10 aromatic rings. The highest BCUT2D eigenvalue weighted by Gasteiger charge is 2.30. The van der Waals surface area contributed by atoms with E-state index < -0.39 is 0 Å². The Morgan fingerprint density at radius 3 is 1.00 bits per heavy atom. The minimum Gasteiger partial charge on any atom is -0.494 e. The van der Waals surface area contributed by atoms with Crippen LogP contribution in [0.3, 0.4) is 0 Å². The maximum atomic E-state index is 9.13. The van der Waals surface area contributed by atoms with Gasteiger partial charge in [-0.15, -0.1) is 0 Å². The monoisotopic (exact) mass is 1040 g/mol. The van der Waals surface area contributed by atoms with Crippen LogP contribution < -0.4 is 37.5 Å². The molecule has 0 unspecified atom stereocenters. The van der Waals surface area contributed by atoms with Gasteiger partial charge in [0.1, 0.15) is 5.75 Å². The molecule has 0 aliphatic heterocycles. The molecule has 1 N–H and O–H groups in total. The van der Waals surface area contributed by atoms with Gasteiger partial charge in [-0.2, -0.15) is 0 Å². The molecule has 1 heterocycles. The van der Waals surface area contributed by atoms with Gasteiger partial charge in [0.2, 0.25) is 13.4 Å². The minimum atomic E-state index is 0.116. The number of hydrogen-bond donors (Lipinski definition) is 1. The molecule has 0 radical (unpaired) electrons. The number of aromatic nitrogens is 1. The topological polar surface area (TPSA) is 34.4 Å². The van der Waals surface area contributed by atoms with E-state index in [9.17, 15) is 0 Å². The lowest BCUT2D eigenvalue weighted by atomic mass is 9.34. The maximum absolute atomic E-state index is 9.13. The molecule has 0 saturated carbocycles. The van der Waals surface area contributed by atoms with Gasteiger partial charge in [-0.1, -0.05) is 234 Å². The van der Waals surface area contributed by atoms with Crippen LogP contribution >= 0.6 is 0 Å². The van der Waals surface area contributed by atoms with E-state index >= 15 is 0 Å². The fraction of sp³-hybridized carbons (Fsp3) is 0.270. The number of nitrogens with zero attached hydrogens (tertiary/aromatic N) is 1. The van der Waals surface area contributed by atoms with Crippen LogP contribution in [-0.4, -0.2) is 36.3 Å². The second-order valence-corrected chi connectivity index (χ2v) is 23.3. The number of unbranched alkanes of at least 4 members (excludes halogenated alkanes) is 5. The summed E-state index contributed by atoms with van der Waals surface area (Å²) in [5.41, 5.74) is 32.4. The summed E-state index contributed by atoms with van der Waals surface area (Å²) < 4.78 is 8.70. The Labute approximate surface area is 472 Å². The predicted octanol–water partition coefficient (Wildman–Crippen LogP) is 14.6. The summed E-state index contributed by atoms with van der Waals surface area (Å²) in [5, 5.41) is 11.6. The van der Waals surface area contributed by atoms with Crippen LogP contribution in [0.25, 0.3) is 49.7 Å². The van der Waals surface area contributed by atoms with Crippen molar-refractivity contribution in [1.29, 1.82) is 0 Å². The van der Waals surface area contributed by atoms with Crippen molar-refractivity contribution < 1.29 is 9.84 Å². The van der Waals surface area contributed by atoms with Gasteiger partial charge < -0.3 is 14.4 Å². The molecule has 0 atom stereocenters. The molecule has 9 aromatic carbocycles. The first-order chi connectivity index (χ1) is 38.1. The van der Waals surface area contributed by atoms with Gasteiger partial charge in [0.25, 0.3) is 0 Å². The number of hydrogen-bond acceptors (Lipinski definition) is 2. The highest BCUT2D eigenvalue weighted by atomic mass is 16.5. The zero-order valence-corrected chi connectivity index (χ0v) is 49.1. The van der Waals surface area contributed by atoms with Gasteiger partial charge in [-0.05, 0) is 167 Å². The third-order valence-electron chi connectivity index (χ3n) is 16.9. The average molecular weight is 1040 g/mol. The van der Waals surface area contributed by atoms with E-state index in [0.717, 1.165) is 37.1 Å². The normalized spacial score (nSPS) is 11.5. The second-order valence-electron chi connectivity index (χ2n) is 23.3. The largest absolute Gasteiger partial charge is 0.494 e. The Morgan fingerprint density at radius 1 is 0.342 bits per heavy atom. The SMILES string of the molecule is Cc1cc(C)c(B(c2ccc(-c3ccc4c(c3)c3cc(-c5ccc(B(c6c(C)cc(C)cc6C)c6c(C)cc(C)cc6C)cc5)ccc3n4-c3ccc(OCCCCCCCCO)cc3)cc2)c2c(C)cc(C)cc2C)c(C)c1. The van der Waals surface area contributed by atoms with Crippen LogP contribution in [0.15, 0.2) is 158 Å². The van der Waals surface area contributed by atoms with E-state index in [1.54, 1.807) is 0 Å². The molecular formula is C74H79B2NO2. The molecule has 3 nitrogen and oxygen atoms in total. The van der Waals surface area contributed by atoms with E-state index in [2.05, 4.69) is 245 Å². The maximum Gasteiger partial charge on any atom is 0.242 e. The Morgan fingerprint density at radius 2 is 0.658 bits per heavy atom. The highest BCUT2D eigenvalue weighted by molar-refractivity contribution is 6.97. The number of ether oxygens (including phenoxy) is 1. The molecule has 5 heteroatoms. The molecular weight excluding hydrogens is 956 g/mol. The van der Waals surface area contributed by atoms with Gasteiger partial charge >= 0.3 is 0 Å². The standard InChI is InChI=1S/C74H79B2NO2/c1-47-37-51(5)71(52(6)38-47)75(72-53(7)39-48(2)40-54(72)8)63-25-19-59(20-26-63)61-23-33-69-67(45-61)68-46-62(24-34-70(68)77(69)65-29-31-66(32-30-65)79-36-18-16-14-13-15-17-35-78)60-21-27-64(28-22-60)76(73-55(9)41-49(3)42-56(73)10)74-57(11)43-50(4)44-58(74)12/h19-34,37-46,78H,13-18,35-36H2,1-12H3. The third-order valence-corrected chi connectivity index (χ3v) is 16.9. The summed E-state index contributed by atoms with van der Waals surface area (Å²) in [6.45, 7) is 28.3. The van der Waals surface area contributed by atoms with E-state index in [0.29, 0.717) is 6.61 Å². The molecule has 0 fully saturated rings. The molecule has 1 aromatic heterocycles. The molecule has 0 bridgehead atoms. The van der Waals surface area contributed by atoms with Gasteiger partial charge in [0, 0.05) is 23.1 Å². The summed E-state index contributed by atoms with van der Waals surface area (Å²) in [6.07, 6.45) is 6.51. The number of benzene rings is 9. The molecule has 0 aliphatic rings. The van der Waals surface area contributed by atoms with Crippen molar-refractivity contribution in [3.05, 3.63) is 224 Å². The smallest absolute Gasteiger partial charge is 0.242 e. The van der Waals surface area contributed by atoms with Gasteiger partial charge in [0.15, 0.2) is 0 Å². The highest BCUT2D eigenvalue weighted by Crippen LogP contribution is 2.38. The van der Waals surface area contributed by atoms with E-state index in [1.807, 2.05) is 0 Å². The first-order valence-electron chi connectivity index (χ1n) is 29.0. The molecule has 0 amide bonds. The van der Waals surface area contributed by atoms with Gasteiger partial charge in [-0.25, -0.2) is 0 Å². The van der Waals surface area contributed by atoms with Crippen LogP contribution in [0.4, 0.5) is 0 Å². The van der Waals surface area contributed by atoms with E-state index in [-0.39, 0.29) is 20.0 Å². The summed E-state index contributed by atoms with van der Waals surface area (Å²) in [7, 11) is 0. The molecule has 398 valence electrons. The van der Waals surface area contributed by atoms with Gasteiger partial charge in [-0.3, -0.25) is 0 Å². The zero-order chi connectivity index (χ0) is 55.6. The number of aryl methyl sites for hydroxylation is 12. The number of rotatable bonds is 18. The van der Waals surface area contributed by atoms with Crippen molar-refractivity contribution in [2.75, 3.05) is 13.2 Å². The first kappa shape index (κ1) is 55.0. The lowest BCUT2D eigenvalue weighted by Gasteiger charge is -2.24. The summed E-state index contributed by atoms with van der Waals surface area (Å²) in [6, 6.07) is 60.4. The van der Waals surface area contributed by atoms with Crippen molar-refractivity contribution in [3.8, 4) is 33.7 Å². The minimum absolute atomic E-state index is 0.116. The first-order valence-corrected chi connectivity index (χ1v) is 29.0. The Bertz CT molecular complexity index is 3420. The summed E-state index contributed by atoms with van der Waals surface area (Å²) >= 11 is 0. The quantitative estimate of drug-likeness (QED) is 0.0686. The van der Waals surface area contributed by atoms with Crippen molar-refractivity contribution in [1.82, 2.24) is 4.57 Å². The molecule has 0 aliphatic carbocycles. The molecule has 79 heavy (non-hydrogen) atoms. The van der Waals surface area contributed by atoms with Crippen molar-refractivity contribution >= 4 is 68.0 Å². The fourth-order valence-corrected chi connectivity index (χ4v) is 13.7. The third kappa shape index (κ3) is 11.4. The van der Waals surface area contributed by atoms with Gasteiger partial charge in [0.05, 0.1) is 17.6 Å². The number of aliphatic hydroxyl groups excluding tert-OH is 1. The second kappa shape index (κ2) is 23.6. The number of fused-ring (bicyclic) bond motifs is 3. The summed E-state index contributed by atoms with van der Waals surface area (Å²) in [4.78, 5) is 0. The van der Waals surface area contributed by atoms with Crippen LogP contribution in [0.5, 0.6) is 5.75 Å². The predicted molar refractivity (Wildman–Crippen MR) is 344 cm³/mol.